The van der Waals surface area contributed by atoms with Gasteiger partial charge in [0.05, 0.1) is 19.9 Å². The molecule has 2 aromatic rings. The summed E-state index contributed by atoms with van der Waals surface area (Å²) in [5.74, 6) is 1.60. The second-order valence-electron chi connectivity index (χ2n) is 5.41. The van der Waals surface area contributed by atoms with E-state index in [1.54, 1.807) is 14.2 Å². The topological polar surface area (TPSA) is 56.5 Å². The number of nitrogen functional groups attached to an aromatic ring is 1. The van der Waals surface area contributed by atoms with Crippen LogP contribution in [0.3, 0.4) is 0 Å². The smallest absolute Gasteiger partial charge is 0.141 e. The van der Waals surface area contributed by atoms with Crippen molar-refractivity contribution in [1.82, 2.24) is 5.32 Å². The normalized spacial score (nSPS) is 12.0. The predicted octanol–water partition coefficient (Wildman–Crippen LogP) is 3.01. The zero-order chi connectivity index (χ0) is 15.9. The van der Waals surface area contributed by atoms with Gasteiger partial charge in [0.25, 0.3) is 0 Å². The second-order valence-corrected chi connectivity index (χ2v) is 5.41. The first kappa shape index (κ1) is 16.2. The van der Waals surface area contributed by atoms with Gasteiger partial charge in [0.1, 0.15) is 11.5 Å². The standard InChI is InChI=1S/C18H24N2O2/c1-13(10-15-6-9-18(22-3)17(19)11-15)20-12-14-4-7-16(21-2)8-5-14/h4-9,11,13,20H,10,12,19H2,1-3H3. The fraction of sp³-hybridized carbons (Fsp3) is 0.333. The van der Waals surface area contributed by atoms with Crippen molar-refractivity contribution in [3.05, 3.63) is 53.6 Å². The van der Waals surface area contributed by atoms with Gasteiger partial charge < -0.3 is 20.5 Å². The van der Waals surface area contributed by atoms with Crippen molar-refractivity contribution >= 4 is 5.69 Å². The second kappa shape index (κ2) is 7.71. The number of methoxy groups -OCH3 is 2. The Morgan fingerprint density at radius 2 is 1.68 bits per heavy atom. The Balaban J connectivity index is 1.86. The Hall–Kier alpha value is -2.20. The van der Waals surface area contributed by atoms with E-state index in [4.69, 9.17) is 15.2 Å². The van der Waals surface area contributed by atoms with Crippen molar-refractivity contribution in [3.63, 3.8) is 0 Å². The van der Waals surface area contributed by atoms with E-state index >= 15 is 0 Å². The fourth-order valence-corrected chi connectivity index (χ4v) is 2.37. The molecule has 2 rings (SSSR count). The van der Waals surface area contributed by atoms with Gasteiger partial charge in [0, 0.05) is 12.6 Å². The molecule has 0 aliphatic carbocycles. The van der Waals surface area contributed by atoms with E-state index in [1.165, 1.54) is 11.1 Å². The largest absolute Gasteiger partial charge is 0.497 e. The lowest BCUT2D eigenvalue weighted by Gasteiger charge is -2.15. The van der Waals surface area contributed by atoms with Crippen molar-refractivity contribution in [1.29, 1.82) is 0 Å². The first-order chi connectivity index (χ1) is 10.6. The third kappa shape index (κ3) is 4.40. The number of hydrogen-bond donors (Lipinski definition) is 2. The molecule has 0 saturated heterocycles. The molecule has 0 aromatic heterocycles. The van der Waals surface area contributed by atoms with Crippen LogP contribution in [0.25, 0.3) is 0 Å². The van der Waals surface area contributed by atoms with Crippen LogP contribution in [0.15, 0.2) is 42.5 Å². The van der Waals surface area contributed by atoms with Gasteiger partial charge in [-0.3, -0.25) is 0 Å². The van der Waals surface area contributed by atoms with Crippen molar-refractivity contribution < 1.29 is 9.47 Å². The number of ether oxygens (including phenoxy) is 2. The van der Waals surface area contributed by atoms with E-state index in [-0.39, 0.29) is 0 Å². The summed E-state index contributed by atoms with van der Waals surface area (Å²) in [6.07, 6.45) is 0.921. The summed E-state index contributed by atoms with van der Waals surface area (Å²) in [6.45, 7) is 3.00. The maximum atomic E-state index is 5.94. The predicted molar refractivity (Wildman–Crippen MR) is 90.4 cm³/mol. The van der Waals surface area contributed by atoms with Crippen LogP contribution in [0.1, 0.15) is 18.1 Å². The van der Waals surface area contributed by atoms with Crippen LogP contribution in [0, 0.1) is 0 Å². The van der Waals surface area contributed by atoms with Gasteiger partial charge in [-0.05, 0) is 48.7 Å². The zero-order valence-corrected chi connectivity index (χ0v) is 13.4. The van der Waals surface area contributed by atoms with Crippen LogP contribution in [0.5, 0.6) is 11.5 Å². The molecule has 0 saturated carbocycles. The quantitative estimate of drug-likeness (QED) is 0.772. The SMILES string of the molecule is COc1ccc(CNC(C)Cc2ccc(OC)c(N)c2)cc1. The summed E-state index contributed by atoms with van der Waals surface area (Å²) in [7, 11) is 3.31. The highest BCUT2D eigenvalue weighted by Gasteiger charge is 2.06. The lowest BCUT2D eigenvalue weighted by molar-refractivity contribution is 0.414. The summed E-state index contributed by atoms with van der Waals surface area (Å²) >= 11 is 0. The van der Waals surface area contributed by atoms with Crippen LogP contribution in [0.2, 0.25) is 0 Å². The van der Waals surface area contributed by atoms with Gasteiger partial charge in [-0.2, -0.15) is 0 Å². The maximum absolute atomic E-state index is 5.94. The molecular weight excluding hydrogens is 276 g/mol. The average molecular weight is 300 g/mol. The van der Waals surface area contributed by atoms with E-state index in [1.807, 2.05) is 24.3 Å². The highest BCUT2D eigenvalue weighted by Crippen LogP contribution is 2.22. The summed E-state index contributed by atoms with van der Waals surface area (Å²) in [4.78, 5) is 0. The molecule has 4 heteroatoms. The number of nitrogens with one attached hydrogen (secondary N) is 1. The van der Waals surface area contributed by atoms with E-state index in [0.717, 1.165) is 24.5 Å². The first-order valence-electron chi connectivity index (χ1n) is 7.41. The molecule has 0 bridgehead atoms. The fourth-order valence-electron chi connectivity index (χ4n) is 2.37. The Bertz CT molecular complexity index is 597. The van der Waals surface area contributed by atoms with Crippen molar-refractivity contribution in [2.45, 2.75) is 25.9 Å². The third-order valence-electron chi connectivity index (χ3n) is 3.65. The number of nitrogens with two attached hydrogens (primary N) is 1. The Kier molecular flexibility index (Phi) is 5.67. The molecule has 22 heavy (non-hydrogen) atoms. The molecule has 2 aromatic carbocycles. The molecule has 0 radical (unpaired) electrons. The minimum atomic E-state index is 0.356. The molecule has 3 N–H and O–H groups in total. The van der Waals surface area contributed by atoms with Gasteiger partial charge >= 0.3 is 0 Å². The molecular formula is C18H24N2O2. The van der Waals surface area contributed by atoms with Crippen LogP contribution < -0.4 is 20.5 Å². The number of rotatable bonds is 7. The first-order valence-corrected chi connectivity index (χ1v) is 7.41. The number of anilines is 1. The van der Waals surface area contributed by atoms with E-state index in [9.17, 15) is 0 Å². The van der Waals surface area contributed by atoms with Crippen molar-refractivity contribution in [3.8, 4) is 11.5 Å². The molecule has 0 fully saturated rings. The molecule has 118 valence electrons. The number of hydrogen-bond acceptors (Lipinski definition) is 4. The van der Waals surface area contributed by atoms with Crippen LogP contribution in [-0.2, 0) is 13.0 Å². The lowest BCUT2D eigenvalue weighted by atomic mass is 10.1. The van der Waals surface area contributed by atoms with Crippen LogP contribution >= 0.6 is 0 Å². The number of benzene rings is 2. The molecule has 1 unspecified atom stereocenters. The molecule has 0 spiro atoms. The van der Waals surface area contributed by atoms with E-state index < -0.39 is 0 Å². The average Bonchev–Trinajstić information content (AvgIpc) is 2.53. The van der Waals surface area contributed by atoms with Crippen molar-refractivity contribution in [2.75, 3.05) is 20.0 Å². The summed E-state index contributed by atoms with van der Waals surface area (Å²) < 4.78 is 10.3. The van der Waals surface area contributed by atoms with E-state index in [2.05, 4.69) is 30.4 Å². The molecule has 0 amide bonds. The maximum Gasteiger partial charge on any atom is 0.141 e. The van der Waals surface area contributed by atoms with Gasteiger partial charge in [-0.1, -0.05) is 18.2 Å². The Morgan fingerprint density at radius 3 is 2.27 bits per heavy atom. The van der Waals surface area contributed by atoms with Crippen molar-refractivity contribution in [2.24, 2.45) is 0 Å². The summed E-state index contributed by atoms with van der Waals surface area (Å²) in [5.41, 5.74) is 9.07. The highest BCUT2D eigenvalue weighted by molar-refractivity contribution is 5.54. The van der Waals surface area contributed by atoms with Gasteiger partial charge in [-0.15, -0.1) is 0 Å². The lowest BCUT2D eigenvalue weighted by Crippen LogP contribution is -2.27. The van der Waals surface area contributed by atoms with E-state index in [0.29, 0.717) is 11.7 Å². The monoisotopic (exact) mass is 300 g/mol. The van der Waals surface area contributed by atoms with Crippen LogP contribution in [-0.4, -0.2) is 20.3 Å². The zero-order valence-electron chi connectivity index (χ0n) is 13.4. The van der Waals surface area contributed by atoms with Gasteiger partial charge in [0.2, 0.25) is 0 Å². The minimum Gasteiger partial charge on any atom is -0.497 e. The highest BCUT2D eigenvalue weighted by atomic mass is 16.5. The van der Waals surface area contributed by atoms with Crippen LogP contribution in [0.4, 0.5) is 5.69 Å². The molecule has 1 atom stereocenters. The molecule has 0 aliphatic rings. The summed E-state index contributed by atoms with van der Waals surface area (Å²) in [5, 5.41) is 3.52. The summed E-state index contributed by atoms with van der Waals surface area (Å²) in [6, 6.07) is 14.4. The molecule has 4 nitrogen and oxygen atoms in total. The minimum absolute atomic E-state index is 0.356. The molecule has 0 heterocycles. The van der Waals surface area contributed by atoms with Gasteiger partial charge in [-0.25, -0.2) is 0 Å². The molecule has 0 aliphatic heterocycles. The van der Waals surface area contributed by atoms with Gasteiger partial charge in [0.15, 0.2) is 0 Å². The third-order valence-corrected chi connectivity index (χ3v) is 3.65. The Morgan fingerprint density at radius 1 is 1.00 bits per heavy atom. The Labute approximate surface area is 132 Å².